The highest BCUT2D eigenvalue weighted by atomic mass is 16.6. The van der Waals surface area contributed by atoms with Gasteiger partial charge < -0.3 is 14.2 Å². The highest BCUT2D eigenvalue weighted by molar-refractivity contribution is 5.71. The van der Waals surface area contributed by atoms with Crippen molar-refractivity contribution in [2.45, 2.75) is 258 Å². The Kier molecular flexibility index (Phi) is 45.9. The molecule has 0 aromatic carbocycles. The van der Waals surface area contributed by atoms with Crippen LogP contribution in [0.1, 0.15) is 252 Å². The largest absolute Gasteiger partial charge is 0.462 e. The molecule has 0 aliphatic heterocycles. The van der Waals surface area contributed by atoms with Gasteiger partial charge in [-0.15, -0.1) is 0 Å². The van der Waals surface area contributed by atoms with E-state index in [9.17, 15) is 14.4 Å². The molecule has 0 bridgehead atoms. The molecule has 0 aliphatic rings. The molecule has 0 spiro atoms. The summed E-state index contributed by atoms with van der Waals surface area (Å²) >= 11 is 0. The minimum Gasteiger partial charge on any atom is -0.462 e. The van der Waals surface area contributed by atoms with Gasteiger partial charge in [-0.2, -0.15) is 0 Å². The molecule has 59 heavy (non-hydrogen) atoms. The van der Waals surface area contributed by atoms with Crippen LogP contribution in [0.4, 0.5) is 0 Å². The van der Waals surface area contributed by atoms with Gasteiger partial charge in [0.25, 0.3) is 0 Å². The maximum Gasteiger partial charge on any atom is 0.306 e. The molecule has 342 valence electrons. The van der Waals surface area contributed by atoms with Crippen molar-refractivity contribution in [3.8, 4) is 0 Å². The third kappa shape index (κ3) is 46.3. The molecule has 0 aliphatic carbocycles. The average Bonchev–Trinajstić information content (AvgIpc) is 3.23. The highest BCUT2D eigenvalue weighted by Gasteiger charge is 2.19. The van der Waals surface area contributed by atoms with Gasteiger partial charge in [0.1, 0.15) is 13.2 Å². The molecule has 0 rings (SSSR count). The molecule has 1 unspecified atom stereocenters. The lowest BCUT2D eigenvalue weighted by Gasteiger charge is -2.18. The maximum atomic E-state index is 12.7. The van der Waals surface area contributed by atoms with Crippen molar-refractivity contribution >= 4 is 17.9 Å². The van der Waals surface area contributed by atoms with Crippen LogP contribution < -0.4 is 0 Å². The van der Waals surface area contributed by atoms with Crippen LogP contribution in [0.2, 0.25) is 0 Å². The Morgan fingerprint density at radius 1 is 0.339 bits per heavy atom. The molecule has 6 nitrogen and oxygen atoms in total. The Hall–Kier alpha value is -2.63. The smallest absolute Gasteiger partial charge is 0.306 e. The van der Waals surface area contributed by atoms with Gasteiger partial charge in [0.05, 0.1) is 0 Å². The first-order valence-electron chi connectivity index (χ1n) is 25.2. The lowest BCUT2D eigenvalue weighted by molar-refractivity contribution is -0.167. The Balaban J connectivity index is 4.37. The van der Waals surface area contributed by atoms with Crippen molar-refractivity contribution in [2.24, 2.45) is 0 Å². The first kappa shape index (κ1) is 56.4. The van der Waals surface area contributed by atoms with Crippen LogP contribution >= 0.6 is 0 Å². The summed E-state index contributed by atoms with van der Waals surface area (Å²) < 4.78 is 16.7. The number of hydrogen-bond acceptors (Lipinski definition) is 6. The van der Waals surface area contributed by atoms with Crippen LogP contribution in [0, 0.1) is 0 Å². The number of carbonyl (C=O) groups is 3. The zero-order chi connectivity index (χ0) is 43.0. The SMILES string of the molecule is CCCCCC/C=C\CCCC(=O)OCC(COC(=O)CCCCCCC\C=C/C=C\C=C/CCCCCCC)OC(=O)CCCCCCCCCCCCCCCC. The van der Waals surface area contributed by atoms with E-state index in [1.807, 2.05) is 0 Å². The van der Waals surface area contributed by atoms with Gasteiger partial charge in [0.15, 0.2) is 6.10 Å². The van der Waals surface area contributed by atoms with E-state index in [1.165, 1.54) is 135 Å². The fourth-order valence-corrected chi connectivity index (χ4v) is 7.04. The molecule has 0 aromatic rings. The molecule has 0 N–H and O–H groups in total. The zero-order valence-corrected chi connectivity index (χ0v) is 39.0. The van der Waals surface area contributed by atoms with E-state index in [1.54, 1.807) is 0 Å². The minimum absolute atomic E-state index is 0.0903. The van der Waals surface area contributed by atoms with E-state index >= 15 is 0 Å². The van der Waals surface area contributed by atoms with Gasteiger partial charge in [0, 0.05) is 19.3 Å². The predicted octanol–water partition coefficient (Wildman–Crippen LogP) is 16.3. The van der Waals surface area contributed by atoms with E-state index in [-0.39, 0.29) is 31.1 Å². The molecule has 0 aromatic heterocycles. The summed E-state index contributed by atoms with van der Waals surface area (Å²) in [4.78, 5) is 37.8. The van der Waals surface area contributed by atoms with E-state index in [2.05, 4.69) is 69.4 Å². The van der Waals surface area contributed by atoms with Gasteiger partial charge in [-0.05, 0) is 64.2 Å². The van der Waals surface area contributed by atoms with E-state index in [4.69, 9.17) is 14.2 Å². The lowest BCUT2D eigenvalue weighted by atomic mass is 10.0. The first-order valence-corrected chi connectivity index (χ1v) is 25.2. The van der Waals surface area contributed by atoms with Crippen LogP contribution in [0.25, 0.3) is 0 Å². The lowest BCUT2D eigenvalue weighted by Crippen LogP contribution is -2.30. The summed E-state index contributed by atoms with van der Waals surface area (Å²) in [5, 5.41) is 0. The number of esters is 3. The summed E-state index contributed by atoms with van der Waals surface area (Å²) in [6, 6.07) is 0. The quantitative estimate of drug-likeness (QED) is 0.0200. The van der Waals surface area contributed by atoms with Crippen LogP contribution in [0.3, 0.4) is 0 Å². The number of hydrogen-bond donors (Lipinski definition) is 0. The topological polar surface area (TPSA) is 78.9 Å². The molecule has 0 radical (unpaired) electrons. The van der Waals surface area contributed by atoms with Crippen molar-refractivity contribution in [1.82, 2.24) is 0 Å². The maximum absolute atomic E-state index is 12.7. The summed E-state index contributed by atoms with van der Waals surface area (Å²) in [5.74, 6) is -0.939. The third-order valence-corrected chi connectivity index (χ3v) is 10.9. The van der Waals surface area contributed by atoms with Crippen molar-refractivity contribution < 1.29 is 28.6 Å². The number of allylic oxidation sites excluding steroid dienone is 8. The number of unbranched alkanes of at least 4 members (excludes halogenated alkanes) is 28. The molecule has 0 saturated carbocycles. The van der Waals surface area contributed by atoms with Gasteiger partial charge in [-0.25, -0.2) is 0 Å². The number of rotatable bonds is 45. The Morgan fingerprint density at radius 2 is 0.644 bits per heavy atom. The fourth-order valence-electron chi connectivity index (χ4n) is 7.04. The summed E-state index contributed by atoms with van der Waals surface area (Å²) in [6.07, 6.45) is 56.7. The summed E-state index contributed by atoms with van der Waals surface area (Å²) in [7, 11) is 0. The van der Waals surface area contributed by atoms with Gasteiger partial charge >= 0.3 is 17.9 Å². The highest BCUT2D eigenvalue weighted by Crippen LogP contribution is 2.15. The van der Waals surface area contributed by atoms with Gasteiger partial charge in [-0.1, -0.05) is 217 Å². The van der Waals surface area contributed by atoms with Crippen LogP contribution in [-0.2, 0) is 28.6 Å². The Morgan fingerprint density at radius 3 is 1.07 bits per heavy atom. The first-order chi connectivity index (χ1) is 29.0. The second-order valence-electron chi connectivity index (χ2n) is 16.8. The van der Waals surface area contributed by atoms with Gasteiger partial charge in [-0.3, -0.25) is 14.4 Å². The van der Waals surface area contributed by atoms with Crippen LogP contribution in [-0.4, -0.2) is 37.2 Å². The molecular weight excluding hydrogens is 733 g/mol. The fraction of sp³-hybridized carbons (Fsp3) is 0.792. The Labute approximate surface area is 365 Å². The Bertz CT molecular complexity index is 1040. The van der Waals surface area contributed by atoms with Crippen LogP contribution in [0.15, 0.2) is 48.6 Å². The van der Waals surface area contributed by atoms with Crippen molar-refractivity contribution in [3.63, 3.8) is 0 Å². The minimum atomic E-state index is -0.788. The predicted molar refractivity (Wildman–Crippen MR) is 252 cm³/mol. The molecule has 1 atom stereocenters. The molecule has 0 heterocycles. The number of ether oxygens (including phenoxy) is 3. The third-order valence-electron chi connectivity index (χ3n) is 10.9. The standard InChI is InChI=1S/C53H94O6/c1-4-7-10-13-16-19-21-23-25-26-27-28-30-31-34-37-40-43-46-52(55)58-49-50(48-57-51(54)45-42-39-36-33-18-15-12-9-6-3)59-53(56)47-44-41-38-35-32-29-24-22-20-17-14-11-8-5-2/h21,23,25-28,33,36,50H,4-20,22,24,29-32,34-35,37-49H2,1-3H3/b23-21-,26-25-,28-27-,36-33-. The number of carbonyl (C=O) groups excluding carboxylic acids is 3. The molecule has 0 saturated heterocycles. The normalized spacial score (nSPS) is 12.4. The van der Waals surface area contributed by atoms with Crippen molar-refractivity contribution in [1.29, 1.82) is 0 Å². The monoisotopic (exact) mass is 827 g/mol. The van der Waals surface area contributed by atoms with E-state index in [0.29, 0.717) is 25.7 Å². The zero-order valence-electron chi connectivity index (χ0n) is 39.0. The van der Waals surface area contributed by atoms with Crippen molar-refractivity contribution in [3.05, 3.63) is 48.6 Å². The second-order valence-corrected chi connectivity index (χ2v) is 16.8. The molecule has 6 heteroatoms. The average molecular weight is 827 g/mol. The molecule has 0 amide bonds. The van der Waals surface area contributed by atoms with E-state index in [0.717, 1.165) is 70.6 Å². The van der Waals surface area contributed by atoms with E-state index < -0.39 is 6.10 Å². The second kappa shape index (κ2) is 48.0. The molecular formula is C53H94O6. The van der Waals surface area contributed by atoms with Gasteiger partial charge in [0.2, 0.25) is 0 Å². The van der Waals surface area contributed by atoms with Crippen LogP contribution in [0.5, 0.6) is 0 Å². The summed E-state index contributed by atoms with van der Waals surface area (Å²) in [6.45, 7) is 6.55. The van der Waals surface area contributed by atoms with Crippen molar-refractivity contribution in [2.75, 3.05) is 13.2 Å². The summed E-state index contributed by atoms with van der Waals surface area (Å²) in [5.41, 5.74) is 0. The molecule has 0 fully saturated rings.